The molecule has 13 nitrogen and oxygen atoms in total. The van der Waals surface area contributed by atoms with E-state index in [1.807, 2.05) is 24.1 Å². The van der Waals surface area contributed by atoms with Crippen molar-refractivity contribution in [2.75, 3.05) is 61.9 Å². The third-order valence-corrected chi connectivity index (χ3v) is 10.9. The monoisotopic (exact) mass is 834 g/mol. The van der Waals surface area contributed by atoms with Crippen molar-refractivity contribution in [2.45, 2.75) is 19.0 Å². The van der Waals surface area contributed by atoms with Gasteiger partial charge in [-0.3, -0.25) is 9.59 Å². The number of piperazine rings is 1. The second kappa shape index (κ2) is 14.4. The second-order valence-corrected chi connectivity index (χ2v) is 14.3. The molecular formula is C39H34BrF3N6O7. The van der Waals surface area contributed by atoms with E-state index in [0.29, 0.717) is 48.4 Å². The number of carbonyl (C=O) groups excluding carboxylic acids is 4. The third-order valence-electron chi connectivity index (χ3n) is 10.1. The molecule has 0 spiro atoms. The van der Waals surface area contributed by atoms with E-state index >= 15 is 0 Å². The van der Waals surface area contributed by atoms with Crippen molar-refractivity contribution in [1.82, 2.24) is 19.8 Å². The maximum Gasteiger partial charge on any atom is 0.432 e. The average Bonchev–Trinajstić information content (AvgIpc) is 3.97. The van der Waals surface area contributed by atoms with E-state index in [0.717, 1.165) is 5.39 Å². The van der Waals surface area contributed by atoms with E-state index < -0.39 is 47.2 Å². The van der Waals surface area contributed by atoms with Gasteiger partial charge in [0.2, 0.25) is 0 Å². The number of H-pyrrole nitrogens is 2. The fourth-order valence-electron chi connectivity index (χ4n) is 7.33. The summed E-state index contributed by atoms with van der Waals surface area (Å²) in [6.07, 6.45) is -5.80. The van der Waals surface area contributed by atoms with Gasteiger partial charge in [-0.15, -0.1) is 0 Å². The van der Waals surface area contributed by atoms with Crippen molar-refractivity contribution in [3.63, 3.8) is 0 Å². The zero-order chi connectivity index (χ0) is 39.5. The topological polar surface area (TPSA) is 153 Å². The van der Waals surface area contributed by atoms with Crippen LogP contribution in [0.15, 0.2) is 65.1 Å². The predicted octanol–water partition coefficient (Wildman–Crippen LogP) is 7.73. The molecule has 56 heavy (non-hydrogen) atoms. The number of para-hydroxylation sites is 1. The minimum atomic E-state index is -5.01. The Bertz CT molecular complexity index is 2520. The molecule has 0 aliphatic carbocycles. The number of furan rings is 1. The van der Waals surface area contributed by atoms with E-state index in [1.54, 1.807) is 42.5 Å². The van der Waals surface area contributed by atoms with Crippen LogP contribution in [-0.4, -0.2) is 95.4 Å². The van der Waals surface area contributed by atoms with E-state index in [9.17, 15) is 32.3 Å². The van der Waals surface area contributed by atoms with Crippen LogP contribution in [0.4, 0.5) is 29.3 Å². The Morgan fingerprint density at radius 3 is 2.46 bits per heavy atom. The number of esters is 1. The number of nitrogens with zero attached hydrogens (tertiary/aromatic N) is 3. The van der Waals surface area contributed by atoms with Crippen molar-refractivity contribution in [3.05, 3.63) is 88.9 Å². The summed E-state index contributed by atoms with van der Waals surface area (Å²) in [4.78, 5) is 64.5. The fourth-order valence-corrected chi connectivity index (χ4v) is 7.86. The van der Waals surface area contributed by atoms with Gasteiger partial charge in [0.1, 0.15) is 17.0 Å². The summed E-state index contributed by atoms with van der Waals surface area (Å²) in [6, 6.07) is 16.9. The summed E-state index contributed by atoms with van der Waals surface area (Å²) in [6.45, 7) is 3.10. The van der Waals surface area contributed by atoms with Gasteiger partial charge in [0.25, 0.3) is 11.8 Å². The van der Waals surface area contributed by atoms with E-state index in [-0.39, 0.29) is 57.8 Å². The number of rotatable bonds is 7. The maximum absolute atomic E-state index is 14.6. The minimum absolute atomic E-state index is 0.0212. The highest BCUT2D eigenvalue weighted by Gasteiger charge is 2.44. The Labute approximate surface area is 324 Å². The molecule has 290 valence electrons. The van der Waals surface area contributed by atoms with Crippen LogP contribution in [0.2, 0.25) is 0 Å². The van der Waals surface area contributed by atoms with Crippen molar-refractivity contribution in [1.29, 1.82) is 0 Å². The third kappa shape index (κ3) is 6.63. The summed E-state index contributed by atoms with van der Waals surface area (Å²) in [5.74, 6) is -2.93. The van der Waals surface area contributed by atoms with Crippen LogP contribution in [-0.2, 0) is 10.9 Å². The largest absolute Gasteiger partial charge is 0.462 e. The number of likely N-dealkylation sites (N-methyl/N-ethyl adjacent to an activating group) is 1. The summed E-state index contributed by atoms with van der Waals surface area (Å²) in [5.41, 5.74) is -0.134. The first kappa shape index (κ1) is 37.1. The number of aromatic amines is 2. The Hall–Kier alpha value is -5.81. The van der Waals surface area contributed by atoms with Gasteiger partial charge in [0.15, 0.2) is 11.5 Å². The molecule has 5 heterocycles. The highest BCUT2D eigenvalue weighted by atomic mass is 79.9. The number of hydrogen-bond donors (Lipinski definition) is 3. The molecule has 1 saturated heterocycles. The van der Waals surface area contributed by atoms with E-state index in [1.165, 1.54) is 22.8 Å². The van der Waals surface area contributed by atoms with Gasteiger partial charge in [-0.1, -0.05) is 34.1 Å². The van der Waals surface area contributed by atoms with Gasteiger partial charge in [0, 0.05) is 77.4 Å². The van der Waals surface area contributed by atoms with E-state index in [4.69, 9.17) is 13.9 Å². The second-order valence-electron chi connectivity index (χ2n) is 13.7. The predicted molar refractivity (Wildman–Crippen MR) is 205 cm³/mol. The molecular weight excluding hydrogens is 801 g/mol. The van der Waals surface area contributed by atoms with Crippen molar-refractivity contribution in [3.8, 4) is 5.75 Å². The van der Waals surface area contributed by atoms with Crippen LogP contribution in [0, 0.1) is 0 Å². The number of hydrogen-bond acceptors (Lipinski definition) is 8. The normalized spacial score (nSPS) is 16.1. The average molecular weight is 836 g/mol. The number of alkyl halides is 4. The van der Waals surface area contributed by atoms with Gasteiger partial charge in [-0.05, 0) is 55.9 Å². The molecule has 1 atom stereocenters. The van der Waals surface area contributed by atoms with Crippen LogP contribution in [0.1, 0.15) is 55.5 Å². The molecule has 1 unspecified atom stereocenters. The quantitative estimate of drug-likeness (QED) is 0.109. The minimum Gasteiger partial charge on any atom is -0.462 e. The summed E-state index contributed by atoms with van der Waals surface area (Å²) in [5, 5.41) is 4.26. The lowest BCUT2D eigenvalue weighted by atomic mass is 9.95. The van der Waals surface area contributed by atoms with Gasteiger partial charge in [0.05, 0.1) is 23.4 Å². The molecule has 2 aliphatic heterocycles. The van der Waals surface area contributed by atoms with Crippen LogP contribution < -0.4 is 15.0 Å². The van der Waals surface area contributed by atoms with Gasteiger partial charge >= 0.3 is 18.2 Å². The van der Waals surface area contributed by atoms with Crippen molar-refractivity contribution >= 4 is 84.0 Å². The lowest BCUT2D eigenvalue weighted by Crippen LogP contribution is -2.48. The molecule has 8 rings (SSSR count). The number of carbonyl (C=O) groups is 4. The molecule has 1 fully saturated rings. The number of fused-ring (bicyclic) bond motifs is 5. The Morgan fingerprint density at radius 2 is 1.75 bits per heavy atom. The highest BCUT2D eigenvalue weighted by Crippen LogP contribution is 2.50. The first-order valence-corrected chi connectivity index (χ1v) is 18.9. The van der Waals surface area contributed by atoms with Crippen LogP contribution in [0.25, 0.3) is 32.8 Å². The Morgan fingerprint density at radius 1 is 0.982 bits per heavy atom. The zero-order valence-corrected chi connectivity index (χ0v) is 31.6. The standard InChI is InChI=1S/C39H34BrF3N6O7/c1-3-54-37(52)32-31-30-22(18-40)19-49(26(30)17-28(33(31)46-34(32)39(41,42)43)56-38(53)48-12-10-47(2)11-13-48)36(51)25-15-21-14-23(8-9-24(21)45-25)44-35(50)29-16-20-6-4-5-7-27(20)55-29/h4-9,14-17,22,45-46H,3,10-13,18-19H2,1-2H3,(H,44,50). The van der Waals surface area contributed by atoms with Gasteiger partial charge in [-0.25, -0.2) is 9.59 Å². The summed E-state index contributed by atoms with van der Waals surface area (Å²) < 4.78 is 60.5. The van der Waals surface area contributed by atoms with Crippen molar-refractivity contribution in [2.24, 2.45) is 0 Å². The molecule has 3 N–H and O–H groups in total. The number of halogens is 4. The van der Waals surface area contributed by atoms with Crippen molar-refractivity contribution < 1.29 is 46.2 Å². The number of nitrogens with one attached hydrogen (secondary N) is 3. The Balaban J connectivity index is 1.18. The molecule has 3 amide bonds. The smallest absolute Gasteiger partial charge is 0.432 e. The lowest BCUT2D eigenvalue weighted by molar-refractivity contribution is -0.141. The van der Waals surface area contributed by atoms with Crippen LogP contribution in [0.5, 0.6) is 5.75 Å². The first-order chi connectivity index (χ1) is 26.8. The SMILES string of the molecule is CCOC(=O)c1c(C(F)(F)F)[nH]c2c(OC(=O)N3CCN(C)CC3)cc3c(c12)C(CBr)CN3C(=O)c1cc2cc(NC(=O)c3cc4ccccc4o3)ccc2[nH]1. The zero-order valence-electron chi connectivity index (χ0n) is 30.0. The number of amides is 3. The summed E-state index contributed by atoms with van der Waals surface area (Å²) in [7, 11) is 1.90. The molecule has 3 aromatic carbocycles. The molecule has 2 aliphatic rings. The van der Waals surface area contributed by atoms with Gasteiger partial charge in [-0.2, -0.15) is 13.2 Å². The number of ether oxygens (including phenoxy) is 2. The fraction of sp³-hybridized carbons (Fsp3) is 0.282. The van der Waals surface area contributed by atoms with Gasteiger partial charge < -0.3 is 43.9 Å². The maximum atomic E-state index is 14.6. The summed E-state index contributed by atoms with van der Waals surface area (Å²) >= 11 is 3.47. The molecule has 0 saturated carbocycles. The van der Waals surface area contributed by atoms with Crippen LogP contribution >= 0.6 is 15.9 Å². The number of anilines is 2. The molecule has 6 aromatic rings. The number of aromatic nitrogens is 2. The number of benzene rings is 3. The van der Waals surface area contributed by atoms with Crippen LogP contribution in [0.3, 0.4) is 0 Å². The van der Waals surface area contributed by atoms with E-state index in [2.05, 4.69) is 31.2 Å². The first-order valence-electron chi connectivity index (χ1n) is 17.8. The highest BCUT2D eigenvalue weighted by molar-refractivity contribution is 9.09. The lowest BCUT2D eigenvalue weighted by Gasteiger charge is -2.31. The molecule has 3 aromatic heterocycles. The Kier molecular flexibility index (Phi) is 9.52. The molecule has 0 radical (unpaired) electrons. The molecule has 17 heteroatoms. The molecule has 0 bridgehead atoms.